The van der Waals surface area contributed by atoms with E-state index in [1.807, 2.05) is 18.2 Å². The van der Waals surface area contributed by atoms with Crippen LogP contribution in [0.25, 0.3) is 0 Å². The zero-order valence-corrected chi connectivity index (χ0v) is 11.0. The van der Waals surface area contributed by atoms with Crippen LogP contribution in [0.15, 0.2) is 22.7 Å². The summed E-state index contributed by atoms with van der Waals surface area (Å²) in [4.78, 5) is 0. The molecule has 1 N–H and O–H groups in total. The topological polar surface area (TPSA) is 38.7 Å². The number of aliphatic hydroxyl groups is 1. The van der Waals surface area contributed by atoms with Crippen LogP contribution in [0.2, 0.25) is 0 Å². The minimum absolute atomic E-state index is 0.0128. The maximum Gasteiger partial charge on any atom is 0.128 e. The van der Waals surface area contributed by atoms with Crippen LogP contribution in [0, 0.1) is 0 Å². The Morgan fingerprint density at radius 3 is 2.94 bits per heavy atom. The largest absolute Gasteiger partial charge is 0.487 e. The van der Waals surface area contributed by atoms with Crippen LogP contribution in [0.1, 0.15) is 30.9 Å². The number of ether oxygens (including phenoxy) is 2. The minimum Gasteiger partial charge on any atom is -0.487 e. The van der Waals surface area contributed by atoms with Crippen molar-refractivity contribution in [2.45, 2.75) is 37.6 Å². The third kappa shape index (κ3) is 2.21. The Morgan fingerprint density at radius 1 is 1.29 bits per heavy atom. The predicted octanol–water partition coefficient (Wildman–Crippen LogP) is 2.81. The van der Waals surface area contributed by atoms with E-state index in [1.54, 1.807) is 0 Å². The molecular formula is C13H15BrO3. The second-order valence-electron chi connectivity index (χ2n) is 4.64. The monoisotopic (exact) mass is 298 g/mol. The highest BCUT2D eigenvalue weighted by atomic mass is 79.9. The number of benzene rings is 1. The van der Waals surface area contributed by atoms with Crippen LogP contribution >= 0.6 is 15.9 Å². The summed E-state index contributed by atoms with van der Waals surface area (Å²) in [6.45, 7) is 0.813. The van der Waals surface area contributed by atoms with Gasteiger partial charge in [-0.15, -0.1) is 0 Å². The smallest absolute Gasteiger partial charge is 0.128 e. The molecule has 0 radical (unpaired) electrons. The first-order chi connectivity index (χ1) is 8.24. The van der Waals surface area contributed by atoms with Crippen molar-refractivity contribution in [2.24, 2.45) is 0 Å². The van der Waals surface area contributed by atoms with Gasteiger partial charge in [-0.05, 0) is 31.0 Å². The Kier molecular flexibility index (Phi) is 3.11. The molecule has 92 valence electrons. The Hall–Kier alpha value is -0.580. The number of halogens is 1. The highest BCUT2D eigenvalue weighted by Crippen LogP contribution is 2.38. The van der Waals surface area contributed by atoms with Crippen LogP contribution in [0.4, 0.5) is 0 Å². The van der Waals surface area contributed by atoms with Gasteiger partial charge in [0.15, 0.2) is 0 Å². The van der Waals surface area contributed by atoms with Crippen molar-refractivity contribution in [3.05, 3.63) is 28.2 Å². The van der Waals surface area contributed by atoms with Crippen molar-refractivity contribution >= 4 is 15.9 Å². The van der Waals surface area contributed by atoms with Gasteiger partial charge < -0.3 is 14.6 Å². The Morgan fingerprint density at radius 2 is 2.18 bits per heavy atom. The normalized spacial score (nSPS) is 32.0. The number of rotatable bonds is 1. The molecule has 4 heteroatoms. The third-order valence-corrected chi connectivity index (χ3v) is 3.94. The van der Waals surface area contributed by atoms with E-state index < -0.39 is 6.10 Å². The van der Waals surface area contributed by atoms with Gasteiger partial charge in [-0.1, -0.05) is 15.9 Å². The summed E-state index contributed by atoms with van der Waals surface area (Å²) < 4.78 is 12.5. The van der Waals surface area contributed by atoms with E-state index in [4.69, 9.17) is 9.47 Å². The molecule has 2 aliphatic rings. The van der Waals surface area contributed by atoms with Crippen LogP contribution in [0.3, 0.4) is 0 Å². The average Bonchev–Trinajstić information content (AvgIpc) is 2.83. The number of hydrogen-bond acceptors (Lipinski definition) is 3. The standard InChI is InChI=1S/C13H15BrO3/c14-8-3-4-11-9(6-8)10(15)7-13(17-11)12-2-1-5-16-12/h3-4,6,10,12-13,15H,1-2,5,7H2/t10-,12?,13?/m0/s1. The molecule has 3 rings (SSSR count). The molecule has 1 aromatic carbocycles. The van der Waals surface area contributed by atoms with Gasteiger partial charge in [-0.25, -0.2) is 0 Å². The number of hydrogen-bond donors (Lipinski definition) is 1. The summed E-state index contributed by atoms with van der Waals surface area (Å²) in [5.74, 6) is 0.785. The summed E-state index contributed by atoms with van der Waals surface area (Å²) in [6, 6.07) is 5.76. The van der Waals surface area contributed by atoms with Crippen molar-refractivity contribution in [1.82, 2.24) is 0 Å². The molecule has 0 spiro atoms. The van der Waals surface area contributed by atoms with Crippen LogP contribution < -0.4 is 4.74 Å². The van der Waals surface area contributed by atoms with Gasteiger partial charge in [0.25, 0.3) is 0 Å². The molecule has 2 unspecified atom stereocenters. The van der Waals surface area contributed by atoms with Crippen LogP contribution in [-0.2, 0) is 4.74 Å². The van der Waals surface area contributed by atoms with E-state index in [0.717, 1.165) is 35.2 Å². The first kappa shape index (κ1) is 11.5. The molecular weight excluding hydrogens is 284 g/mol. The fraction of sp³-hybridized carbons (Fsp3) is 0.538. The van der Waals surface area contributed by atoms with Gasteiger partial charge in [-0.3, -0.25) is 0 Å². The van der Waals surface area contributed by atoms with Gasteiger partial charge in [0.1, 0.15) is 11.9 Å². The highest BCUT2D eigenvalue weighted by Gasteiger charge is 2.34. The van der Waals surface area contributed by atoms with E-state index in [-0.39, 0.29) is 12.2 Å². The molecule has 0 aromatic heterocycles. The van der Waals surface area contributed by atoms with Crippen LogP contribution in [0.5, 0.6) is 5.75 Å². The van der Waals surface area contributed by atoms with Crippen molar-refractivity contribution in [3.63, 3.8) is 0 Å². The quantitative estimate of drug-likeness (QED) is 0.866. The first-order valence-corrected chi connectivity index (χ1v) is 6.79. The van der Waals surface area contributed by atoms with E-state index in [9.17, 15) is 5.11 Å². The van der Waals surface area contributed by atoms with E-state index in [2.05, 4.69) is 15.9 Å². The molecule has 2 aliphatic heterocycles. The van der Waals surface area contributed by atoms with Gasteiger partial charge >= 0.3 is 0 Å². The lowest BCUT2D eigenvalue weighted by Crippen LogP contribution is -2.36. The van der Waals surface area contributed by atoms with Crippen LogP contribution in [-0.4, -0.2) is 23.9 Å². The molecule has 17 heavy (non-hydrogen) atoms. The van der Waals surface area contributed by atoms with Gasteiger partial charge in [0, 0.05) is 23.1 Å². The molecule has 2 heterocycles. The van der Waals surface area contributed by atoms with Gasteiger partial charge in [0.2, 0.25) is 0 Å². The first-order valence-electron chi connectivity index (χ1n) is 6.00. The van der Waals surface area contributed by atoms with Crippen molar-refractivity contribution in [2.75, 3.05) is 6.61 Å². The molecule has 1 fully saturated rings. The van der Waals surface area contributed by atoms with E-state index in [1.165, 1.54) is 0 Å². The summed E-state index contributed by atoms with van der Waals surface area (Å²) >= 11 is 3.41. The minimum atomic E-state index is -0.453. The molecule has 0 amide bonds. The second kappa shape index (κ2) is 4.59. The molecule has 3 atom stereocenters. The predicted molar refractivity (Wildman–Crippen MR) is 67.1 cm³/mol. The maximum atomic E-state index is 10.2. The summed E-state index contributed by atoms with van der Waals surface area (Å²) in [7, 11) is 0. The maximum absolute atomic E-state index is 10.2. The fourth-order valence-corrected chi connectivity index (χ4v) is 2.95. The zero-order valence-electron chi connectivity index (χ0n) is 9.43. The summed E-state index contributed by atoms with van der Waals surface area (Å²) in [5, 5.41) is 10.2. The second-order valence-corrected chi connectivity index (χ2v) is 5.56. The van der Waals surface area contributed by atoms with E-state index >= 15 is 0 Å². The van der Waals surface area contributed by atoms with Crippen molar-refractivity contribution in [3.8, 4) is 5.75 Å². The molecule has 0 saturated carbocycles. The molecule has 1 aromatic rings. The zero-order chi connectivity index (χ0) is 11.8. The van der Waals surface area contributed by atoms with Gasteiger partial charge in [-0.2, -0.15) is 0 Å². The Balaban J connectivity index is 1.84. The lowest BCUT2D eigenvalue weighted by molar-refractivity contribution is -0.0271. The molecule has 3 nitrogen and oxygen atoms in total. The number of fused-ring (bicyclic) bond motifs is 1. The van der Waals surface area contributed by atoms with Crippen molar-refractivity contribution in [1.29, 1.82) is 0 Å². The molecule has 0 bridgehead atoms. The average molecular weight is 299 g/mol. The highest BCUT2D eigenvalue weighted by molar-refractivity contribution is 9.10. The fourth-order valence-electron chi connectivity index (χ4n) is 2.57. The molecule has 1 saturated heterocycles. The number of aliphatic hydroxyl groups excluding tert-OH is 1. The Bertz CT molecular complexity index is 415. The Labute approximate surface area is 109 Å². The van der Waals surface area contributed by atoms with Gasteiger partial charge in [0.05, 0.1) is 12.2 Å². The summed E-state index contributed by atoms with van der Waals surface area (Å²) in [6.07, 6.45) is 2.42. The lowest BCUT2D eigenvalue weighted by Gasteiger charge is -2.32. The summed E-state index contributed by atoms with van der Waals surface area (Å²) in [5.41, 5.74) is 0.869. The lowest BCUT2D eigenvalue weighted by atomic mass is 9.95. The third-order valence-electron chi connectivity index (χ3n) is 3.44. The molecule has 0 aliphatic carbocycles. The SMILES string of the molecule is O[C@H]1CC(C2CCCO2)Oc2ccc(Br)cc21. The van der Waals surface area contributed by atoms with E-state index in [0.29, 0.717) is 6.42 Å². The van der Waals surface area contributed by atoms with Crippen molar-refractivity contribution < 1.29 is 14.6 Å².